The van der Waals surface area contributed by atoms with E-state index in [4.69, 9.17) is 4.42 Å². The maximum Gasteiger partial charge on any atom is 0.331 e. The van der Waals surface area contributed by atoms with Crippen molar-refractivity contribution < 1.29 is 14.0 Å². The molecule has 0 spiro atoms. The van der Waals surface area contributed by atoms with Gasteiger partial charge >= 0.3 is 6.03 Å². The van der Waals surface area contributed by atoms with Gasteiger partial charge in [-0.2, -0.15) is 0 Å². The minimum Gasteiger partial charge on any atom is -0.436 e. The highest BCUT2D eigenvalue weighted by Gasteiger charge is 2.11. The van der Waals surface area contributed by atoms with Gasteiger partial charge in [-0.15, -0.1) is 0 Å². The summed E-state index contributed by atoms with van der Waals surface area (Å²) < 4.78 is 8.36. The quantitative estimate of drug-likeness (QED) is 0.497. The topological polar surface area (TPSA) is 84.2 Å². The number of nitrogens with zero attached hydrogens (tertiary/aromatic N) is 1. The fraction of sp³-hybridized carbons (Fsp3) is 0. The van der Waals surface area contributed by atoms with Gasteiger partial charge in [0.1, 0.15) is 5.52 Å². The van der Waals surface area contributed by atoms with Gasteiger partial charge in [-0.25, -0.2) is 9.78 Å². The summed E-state index contributed by atoms with van der Waals surface area (Å²) in [6.07, 6.45) is 0. The lowest BCUT2D eigenvalue weighted by Gasteiger charge is -2.05. The van der Waals surface area contributed by atoms with E-state index < -0.39 is 11.9 Å². The summed E-state index contributed by atoms with van der Waals surface area (Å²) in [5.74, 6) is 0.0788. The first-order valence-corrected chi connectivity index (χ1v) is 9.30. The Hall–Kier alpha value is -3.58. The molecule has 0 aliphatic carbocycles. The number of fused-ring (bicyclic) bond motifs is 1. The molecule has 28 heavy (non-hydrogen) atoms. The summed E-state index contributed by atoms with van der Waals surface area (Å²) in [5.41, 5.74) is 2.66. The Morgan fingerprint density at radius 3 is 2.36 bits per heavy atom. The van der Waals surface area contributed by atoms with Gasteiger partial charge in [0, 0.05) is 16.0 Å². The molecule has 4 aromatic rings. The van der Waals surface area contributed by atoms with Crippen molar-refractivity contribution >= 4 is 35.0 Å². The molecule has 0 aliphatic heterocycles. The van der Waals surface area contributed by atoms with E-state index in [1.807, 2.05) is 42.5 Å². The Morgan fingerprint density at radius 2 is 1.61 bits per heavy atom. The van der Waals surface area contributed by atoms with Gasteiger partial charge in [0.05, 0.1) is 0 Å². The van der Waals surface area contributed by atoms with E-state index in [0.717, 1.165) is 22.4 Å². The maximum absolute atomic E-state index is 12.0. The molecule has 0 saturated carbocycles. The van der Waals surface area contributed by atoms with Crippen LogP contribution in [0, 0.1) is 0 Å². The number of benzene rings is 3. The Kier molecular flexibility index (Phi) is 5.07. The Labute approximate surface area is 165 Å². The molecule has 7 heteroatoms. The number of aromatic nitrogens is 1. The molecule has 0 fully saturated rings. The van der Waals surface area contributed by atoms with Crippen molar-refractivity contribution in [3.05, 3.63) is 84.4 Å². The fourth-order valence-corrected chi connectivity index (χ4v) is 3.14. The number of nitrogens with one attached hydrogen (secondary N) is 2. The first kappa shape index (κ1) is 17.8. The molecule has 0 radical (unpaired) electrons. The number of amides is 3. The first-order valence-electron chi connectivity index (χ1n) is 8.48. The predicted octanol–water partition coefficient (Wildman–Crippen LogP) is 4.64. The van der Waals surface area contributed by atoms with Crippen LogP contribution in [0.25, 0.3) is 22.6 Å². The van der Waals surface area contributed by atoms with Crippen LogP contribution in [0.15, 0.2) is 88.2 Å². The van der Waals surface area contributed by atoms with E-state index in [2.05, 4.69) is 15.0 Å². The van der Waals surface area contributed by atoms with E-state index in [-0.39, 0.29) is 0 Å². The third-order valence-corrected chi connectivity index (χ3v) is 4.68. The van der Waals surface area contributed by atoms with Crippen LogP contribution in [-0.4, -0.2) is 16.9 Å². The number of urea groups is 1. The molecule has 3 aromatic carbocycles. The third-order valence-electron chi connectivity index (χ3n) is 3.90. The van der Waals surface area contributed by atoms with Crippen molar-refractivity contribution in [2.75, 3.05) is 0 Å². The van der Waals surface area contributed by atoms with Gasteiger partial charge in [0.2, 0.25) is 5.89 Å². The highest BCUT2D eigenvalue weighted by molar-refractivity contribution is 7.98. The lowest BCUT2D eigenvalue weighted by Crippen LogP contribution is -2.36. The summed E-state index contributed by atoms with van der Waals surface area (Å²) in [4.78, 5) is 29.2. The number of carbonyl (C=O) groups is 2. The zero-order valence-electron chi connectivity index (χ0n) is 14.6. The van der Waals surface area contributed by atoms with E-state index in [0.29, 0.717) is 22.6 Å². The summed E-state index contributed by atoms with van der Waals surface area (Å²) in [7, 11) is 0. The standard InChI is InChI=1S/C21H15N3O3S/c25-19(14-7-3-1-4-8-14)23-21(26)24-28-16-11-12-18-17(13-16)22-20(27-18)15-9-5-2-6-10-15/h1-13H,(H2,23,24,25,26). The molecule has 0 atom stereocenters. The van der Waals surface area contributed by atoms with E-state index >= 15 is 0 Å². The highest BCUT2D eigenvalue weighted by atomic mass is 32.2. The highest BCUT2D eigenvalue weighted by Crippen LogP contribution is 2.27. The zero-order valence-corrected chi connectivity index (χ0v) is 15.4. The molecular formula is C21H15N3O3S. The molecule has 4 rings (SSSR count). The molecule has 3 amide bonds. The zero-order chi connectivity index (χ0) is 19.3. The van der Waals surface area contributed by atoms with E-state index in [9.17, 15) is 9.59 Å². The maximum atomic E-state index is 12.0. The Morgan fingerprint density at radius 1 is 0.893 bits per heavy atom. The molecule has 1 heterocycles. The van der Waals surface area contributed by atoms with Crippen molar-refractivity contribution in [3.8, 4) is 11.5 Å². The lowest BCUT2D eigenvalue weighted by molar-refractivity contribution is 0.0965. The number of carbonyl (C=O) groups excluding carboxylic acids is 2. The van der Waals surface area contributed by atoms with Crippen LogP contribution in [0.2, 0.25) is 0 Å². The number of hydrogen-bond donors (Lipinski definition) is 2. The normalized spacial score (nSPS) is 10.6. The first-order chi connectivity index (χ1) is 13.7. The van der Waals surface area contributed by atoms with Gasteiger partial charge in [0.15, 0.2) is 5.58 Å². The van der Waals surface area contributed by atoms with Crippen LogP contribution in [0.3, 0.4) is 0 Å². The predicted molar refractivity (Wildman–Crippen MR) is 108 cm³/mol. The molecule has 0 saturated heterocycles. The lowest BCUT2D eigenvalue weighted by atomic mass is 10.2. The molecule has 6 nitrogen and oxygen atoms in total. The summed E-state index contributed by atoms with van der Waals surface area (Å²) in [6.45, 7) is 0. The smallest absolute Gasteiger partial charge is 0.331 e. The van der Waals surface area contributed by atoms with Crippen molar-refractivity contribution in [1.29, 1.82) is 0 Å². The molecule has 2 N–H and O–H groups in total. The van der Waals surface area contributed by atoms with Crippen LogP contribution in [-0.2, 0) is 0 Å². The third kappa shape index (κ3) is 4.05. The van der Waals surface area contributed by atoms with Crippen LogP contribution >= 0.6 is 11.9 Å². The SMILES string of the molecule is O=C(NSc1ccc2oc(-c3ccccc3)nc2c1)NC(=O)c1ccccc1. The van der Waals surface area contributed by atoms with Crippen molar-refractivity contribution in [2.45, 2.75) is 4.90 Å². The van der Waals surface area contributed by atoms with E-state index in [1.54, 1.807) is 36.4 Å². The van der Waals surface area contributed by atoms with Crippen LogP contribution < -0.4 is 10.0 Å². The van der Waals surface area contributed by atoms with Gasteiger partial charge in [-0.05, 0) is 54.4 Å². The van der Waals surface area contributed by atoms with Gasteiger partial charge in [-0.1, -0.05) is 36.4 Å². The van der Waals surface area contributed by atoms with Crippen molar-refractivity contribution in [3.63, 3.8) is 0 Å². The molecule has 1 aromatic heterocycles. The van der Waals surface area contributed by atoms with Crippen LogP contribution in [0.1, 0.15) is 10.4 Å². The second-order valence-corrected chi connectivity index (χ2v) is 6.75. The number of imide groups is 1. The fourth-order valence-electron chi connectivity index (χ4n) is 2.57. The Bertz CT molecular complexity index is 1130. The largest absolute Gasteiger partial charge is 0.436 e. The van der Waals surface area contributed by atoms with Crippen molar-refractivity contribution in [2.24, 2.45) is 0 Å². The Balaban J connectivity index is 1.41. The summed E-state index contributed by atoms with van der Waals surface area (Å²) in [6, 6.07) is 23.0. The van der Waals surface area contributed by atoms with Gasteiger partial charge in [0.25, 0.3) is 5.91 Å². The minimum atomic E-state index is -0.593. The van der Waals surface area contributed by atoms with Crippen LogP contribution in [0.5, 0.6) is 0 Å². The minimum absolute atomic E-state index is 0.417. The number of oxazole rings is 1. The van der Waals surface area contributed by atoms with Crippen molar-refractivity contribution in [1.82, 2.24) is 15.0 Å². The second kappa shape index (κ2) is 7.98. The molecule has 0 aliphatic rings. The van der Waals surface area contributed by atoms with Gasteiger partial charge < -0.3 is 4.42 Å². The number of rotatable bonds is 4. The molecule has 0 bridgehead atoms. The average molecular weight is 389 g/mol. The van der Waals surface area contributed by atoms with Crippen LogP contribution in [0.4, 0.5) is 4.79 Å². The second-order valence-electron chi connectivity index (χ2n) is 5.87. The molecule has 0 unspecified atom stereocenters. The average Bonchev–Trinajstić information content (AvgIpc) is 3.17. The monoisotopic (exact) mass is 389 g/mol. The van der Waals surface area contributed by atoms with E-state index in [1.165, 1.54) is 0 Å². The molecule has 138 valence electrons. The molecular weight excluding hydrogens is 374 g/mol. The number of hydrogen-bond acceptors (Lipinski definition) is 5. The summed E-state index contributed by atoms with van der Waals surface area (Å²) >= 11 is 1.09. The summed E-state index contributed by atoms with van der Waals surface area (Å²) in [5, 5.41) is 2.29. The van der Waals surface area contributed by atoms with Gasteiger partial charge in [-0.3, -0.25) is 14.8 Å².